The van der Waals surface area contributed by atoms with Crippen LogP contribution in [0.4, 0.5) is 5.13 Å². The molecule has 164 valence electrons. The van der Waals surface area contributed by atoms with Crippen molar-refractivity contribution in [2.45, 2.75) is 33.9 Å². The van der Waals surface area contributed by atoms with Gasteiger partial charge in [-0.15, -0.1) is 0 Å². The fraction of sp³-hybridized carbons (Fsp3) is 0.261. The Morgan fingerprint density at radius 2 is 2.00 bits per heavy atom. The lowest BCUT2D eigenvalue weighted by Crippen LogP contribution is -2.37. The zero-order chi connectivity index (χ0) is 22.7. The number of hydrogen-bond donors (Lipinski definition) is 0. The van der Waals surface area contributed by atoms with Crippen molar-refractivity contribution in [2.24, 2.45) is 0 Å². The van der Waals surface area contributed by atoms with Crippen LogP contribution in [-0.2, 0) is 17.9 Å². The summed E-state index contributed by atoms with van der Waals surface area (Å²) in [6, 6.07) is 11.3. The number of ether oxygens (including phenoxy) is 1. The number of amides is 1. The smallest absolute Gasteiger partial charge is 0.256 e. The van der Waals surface area contributed by atoms with E-state index in [1.165, 1.54) is 22.2 Å². The third-order valence-electron chi connectivity index (χ3n) is 5.07. The van der Waals surface area contributed by atoms with Gasteiger partial charge in [0.1, 0.15) is 17.8 Å². The normalized spacial score (nSPS) is 11.0. The molecule has 1 amide bonds. The van der Waals surface area contributed by atoms with Gasteiger partial charge in [0.15, 0.2) is 5.13 Å². The predicted octanol–water partition coefficient (Wildman–Crippen LogP) is 3.50. The number of carbonyl (C=O) groups is 1. The van der Waals surface area contributed by atoms with E-state index in [1.807, 2.05) is 43.3 Å². The summed E-state index contributed by atoms with van der Waals surface area (Å²) in [6.07, 6.45) is 3.09. The van der Waals surface area contributed by atoms with Crippen molar-refractivity contribution in [3.05, 3.63) is 76.2 Å². The van der Waals surface area contributed by atoms with Crippen molar-refractivity contribution in [1.82, 2.24) is 19.5 Å². The molecule has 0 spiro atoms. The highest BCUT2D eigenvalue weighted by molar-refractivity contribution is 7.22. The Labute approximate surface area is 189 Å². The zero-order valence-electron chi connectivity index (χ0n) is 18.1. The van der Waals surface area contributed by atoms with Gasteiger partial charge in [0.25, 0.3) is 5.56 Å². The largest absolute Gasteiger partial charge is 0.492 e. The molecule has 0 saturated carbocycles. The van der Waals surface area contributed by atoms with Crippen LogP contribution < -0.4 is 15.2 Å². The van der Waals surface area contributed by atoms with Crippen molar-refractivity contribution < 1.29 is 9.53 Å². The fourth-order valence-corrected chi connectivity index (χ4v) is 4.23. The molecule has 0 unspecified atom stereocenters. The van der Waals surface area contributed by atoms with Crippen LogP contribution in [0.2, 0.25) is 0 Å². The molecule has 1 aromatic carbocycles. The summed E-state index contributed by atoms with van der Waals surface area (Å²) in [5.74, 6) is 0.395. The van der Waals surface area contributed by atoms with E-state index in [4.69, 9.17) is 9.72 Å². The monoisotopic (exact) mass is 449 g/mol. The standard InChI is InChI=1S/C23H23N5O3S/c1-4-31-18-9-7-10-19-21(18)26-23(32-19)28(12-17-8-5-6-11-24-17)20(29)13-27-14-25-16(3)15(2)22(27)30/h5-11,14H,4,12-13H2,1-3H3. The highest BCUT2D eigenvalue weighted by atomic mass is 32.1. The molecule has 8 nitrogen and oxygen atoms in total. The number of pyridine rings is 1. The quantitative estimate of drug-likeness (QED) is 0.429. The van der Waals surface area contributed by atoms with E-state index < -0.39 is 0 Å². The number of hydrogen-bond acceptors (Lipinski definition) is 7. The van der Waals surface area contributed by atoms with Crippen LogP contribution in [-0.4, -0.2) is 32.0 Å². The molecule has 4 aromatic rings. The molecule has 0 saturated heterocycles. The number of para-hydroxylation sites is 1. The summed E-state index contributed by atoms with van der Waals surface area (Å²) in [7, 11) is 0. The molecule has 0 fully saturated rings. The molecular formula is C23H23N5O3S. The maximum absolute atomic E-state index is 13.4. The molecule has 4 rings (SSSR count). The average molecular weight is 450 g/mol. The van der Waals surface area contributed by atoms with Gasteiger partial charge in [0, 0.05) is 17.5 Å². The summed E-state index contributed by atoms with van der Waals surface area (Å²) < 4.78 is 7.94. The van der Waals surface area contributed by atoms with Gasteiger partial charge in [0.2, 0.25) is 5.91 Å². The van der Waals surface area contributed by atoms with Gasteiger partial charge in [-0.2, -0.15) is 0 Å². The third-order valence-corrected chi connectivity index (χ3v) is 6.11. The van der Waals surface area contributed by atoms with Crippen LogP contribution >= 0.6 is 11.3 Å². The Morgan fingerprint density at radius 1 is 1.16 bits per heavy atom. The van der Waals surface area contributed by atoms with Crippen LogP contribution in [0, 0.1) is 13.8 Å². The van der Waals surface area contributed by atoms with Gasteiger partial charge >= 0.3 is 0 Å². The maximum atomic E-state index is 13.4. The highest BCUT2D eigenvalue weighted by Gasteiger charge is 2.23. The van der Waals surface area contributed by atoms with Crippen molar-refractivity contribution in [2.75, 3.05) is 11.5 Å². The Bertz CT molecular complexity index is 1320. The molecule has 32 heavy (non-hydrogen) atoms. The zero-order valence-corrected chi connectivity index (χ0v) is 18.9. The molecule has 0 aliphatic carbocycles. The summed E-state index contributed by atoms with van der Waals surface area (Å²) in [6.45, 7) is 6.00. The first-order valence-corrected chi connectivity index (χ1v) is 11.0. The number of benzene rings is 1. The Morgan fingerprint density at radius 3 is 2.75 bits per heavy atom. The third kappa shape index (κ3) is 4.38. The van der Waals surface area contributed by atoms with Crippen LogP contribution in [0.1, 0.15) is 23.9 Å². The lowest BCUT2D eigenvalue weighted by molar-refractivity contribution is -0.119. The van der Waals surface area contributed by atoms with Crippen molar-refractivity contribution in [3.8, 4) is 5.75 Å². The number of carbonyl (C=O) groups excluding carboxylic acids is 1. The minimum atomic E-state index is -0.278. The second kappa shape index (κ2) is 9.27. The number of nitrogens with zero attached hydrogens (tertiary/aromatic N) is 5. The molecule has 3 heterocycles. The SMILES string of the molecule is CCOc1cccc2sc(N(Cc3ccccn3)C(=O)Cn3cnc(C)c(C)c3=O)nc12. The number of fused-ring (bicyclic) bond motifs is 1. The predicted molar refractivity (Wildman–Crippen MR) is 124 cm³/mol. The molecular weight excluding hydrogens is 426 g/mol. The number of rotatable bonds is 7. The van der Waals surface area contributed by atoms with Crippen molar-refractivity contribution in [3.63, 3.8) is 0 Å². The van der Waals surface area contributed by atoms with Gasteiger partial charge in [0.05, 0.1) is 29.9 Å². The second-order valence-electron chi connectivity index (χ2n) is 7.22. The van der Waals surface area contributed by atoms with E-state index >= 15 is 0 Å². The van der Waals surface area contributed by atoms with Gasteiger partial charge < -0.3 is 4.74 Å². The number of anilines is 1. The molecule has 0 N–H and O–H groups in total. The molecule has 0 radical (unpaired) electrons. The van der Waals surface area contributed by atoms with Gasteiger partial charge in [-0.1, -0.05) is 23.5 Å². The first kappa shape index (κ1) is 21.6. The summed E-state index contributed by atoms with van der Waals surface area (Å²) in [5.41, 5.74) is 2.37. The lowest BCUT2D eigenvalue weighted by atomic mass is 10.2. The average Bonchev–Trinajstić information content (AvgIpc) is 3.23. The topological polar surface area (TPSA) is 90.2 Å². The van der Waals surface area contributed by atoms with Crippen LogP contribution in [0.15, 0.2) is 53.7 Å². The van der Waals surface area contributed by atoms with E-state index in [0.717, 1.165) is 10.4 Å². The first-order chi connectivity index (χ1) is 15.5. The molecule has 9 heteroatoms. The summed E-state index contributed by atoms with van der Waals surface area (Å²) >= 11 is 1.40. The molecule has 0 bridgehead atoms. The molecule has 0 aliphatic rings. The Balaban J connectivity index is 1.73. The van der Waals surface area contributed by atoms with E-state index in [0.29, 0.717) is 34.3 Å². The van der Waals surface area contributed by atoms with Gasteiger partial charge in [-0.25, -0.2) is 9.97 Å². The first-order valence-electron chi connectivity index (χ1n) is 10.2. The van der Waals surface area contributed by atoms with Crippen LogP contribution in [0.3, 0.4) is 0 Å². The lowest BCUT2D eigenvalue weighted by Gasteiger charge is -2.20. The van der Waals surface area contributed by atoms with E-state index in [1.54, 1.807) is 24.9 Å². The van der Waals surface area contributed by atoms with Crippen molar-refractivity contribution >= 4 is 32.6 Å². The van der Waals surface area contributed by atoms with Crippen LogP contribution in [0.5, 0.6) is 5.75 Å². The minimum absolute atomic E-state index is 0.145. The summed E-state index contributed by atoms with van der Waals surface area (Å²) in [4.78, 5) is 40.9. The Kier molecular flexibility index (Phi) is 6.27. The fourth-order valence-electron chi connectivity index (χ4n) is 3.23. The maximum Gasteiger partial charge on any atom is 0.256 e. The molecule has 0 aliphatic heterocycles. The summed E-state index contributed by atoms with van der Waals surface area (Å²) in [5, 5.41) is 0.521. The van der Waals surface area contributed by atoms with Gasteiger partial charge in [-0.05, 0) is 45.0 Å². The van der Waals surface area contributed by atoms with Crippen molar-refractivity contribution in [1.29, 1.82) is 0 Å². The Hall–Kier alpha value is -3.59. The number of aromatic nitrogens is 4. The van der Waals surface area contributed by atoms with Crippen LogP contribution in [0.25, 0.3) is 10.2 Å². The molecule has 0 atom stereocenters. The molecule has 3 aromatic heterocycles. The second-order valence-corrected chi connectivity index (χ2v) is 8.23. The van der Waals surface area contributed by atoms with E-state index in [9.17, 15) is 9.59 Å². The van der Waals surface area contributed by atoms with Gasteiger partial charge in [-0.3, -0.25) is 24.0 Å². The van der Waals surface area contributed by atoms with E-state index in [2.05, 4.69) is 9.97 Å². The van der Waals surface area contributed by atoms with E-state index in [-0.39, 0.29) is 24.6 Å². The number of thiazole rings is 1. The minimum Gasteiger partial charge on any atom is -0.492 e. The highest BCUT2D eigenvalue weighted by Crippen LogP contribution is 2.34. The number of aryl methyl sites for hydroxylation is 1.